The molecular weight excluding hydrogens is 398 g/mol. The normalized spacial score (nSPS) is 10.7. The Morgan fingerprint density at radius 1 is 1.15 bits per heavy atom. The first-order chi connectivity index (χ1) is 12.6. The summed E-state index contributed by atoms with van der Waals surface area (Å²) in [4.78, 5) is 28.5. The highest BCUT2D eigenvalue weighted by Crippen LogP contribution is 2.16. The van der Waals surface area contributed by atoms with Crippen LogP contribution in [-0.2, 0) is 22.5 Å². The Labute approximate surface area is 159 Å². The molecule has 0 aliphatic carbocycles. The number of carbonyl (C=O) groups excluding carboxylic acids is 2. The fourth-order valence-corrected chi connectivity index (χ4v) is 2.94. The van der Waals surface area contributed by atoms with Crippen molar-refractivity contribution < 1.29 is 14.3 Å². The van der Waals surface area contributed by atoms with Gasteiger partial charge >= 0.3 is 5.97 Å². The number of halogens is 1. The van der Waals surface area contributed by atoms with Crippen molar-refractivity contribution in [2.45, 2.75) is 13.0 Å². The molecule has 1 N–H and O–H groups in total. The molecule has 1 aromatic heterocycles. The van der Waals surface area contributed by atoms with Crippen molar-refractivity contribution in [3.63, 3.8) is 0 Å². The van der Waals surface area contributed by atoms with E-state index in [0.29, 0.717) is 18.5 Å². The molecule has 0 fully saturated rings. The third kappa shape index (κ3) is 4.11. The number of amides is 1. The van der Waals surface area contributed by atoms with Gasteiger partial charge in [0.15, 0.2) is 0 Å². The Kier molecular flexibility index (Phi) is 5.68. The molecule has 0 unspecified atom stereocenters. The number of nitrogens with one attached hydrogen (secondary N) is 1. The molecular formula is C19H18BrN3O3. The molecule has 0 bridgehead atoms. The van der Waals surface area contributed by atoms with E-state index in [9.17, 15) is 9.59 Å². The second-order valence-corrected chi connectivity index (χ2v) is 6.61. The van der Waals surface area contributed by atoms with Crippen molar-refractivity contribution in [2.24, 2.45) is 0 Å². The second kappa shape index (κ2) is 8.14. The van der Waals surface area contributed by atoms with Gasteiger partial charge in [-0.2, -0.15) is 0 Å². The van der Waals surface area contributed by atoms with Gasteiger partial charge in [-0.15, -0.1) is 0 Å². The van der Waals surface area contributed by atoms with Crippen LogP contribution in [0.15, 0.2) is 53.0 Å². The van der Waals surface area contributed by atoms with E-state index in [0.717, 1.165) is 21.3 Å². The molecule has 3 aromatic rings. The van der Waals surface area contributed by atoms with Gasteiger partial charge in [-0.05, 0) is 36.4 Å². The van der Waals surface area contributed by atoms with Crippen LogP contribution >= 0.6 is 15.9 Å². The van der Waals surface area contributed by atoms with Gasteiger partial charge in [0.2, 0.25) is 0 Å². The molecule has 1 amide bonds. The van der Waals surface area contributed by atoms with Gasteiger partial charge in [-0.1, -0.05) is 28.1 Å². The Balaban J connectivity index is 1.71. The fraction of sp³-hybridized carbons (Fsp3) is 0.211. The lowest BCUT2D eigenvalue weighted by Gasteiger charge is -2.09. The first kappa shape index (κ1) is 18.1. The van der Waals surface area contributed by atoms with Crippen LogP contribution in [0.2, 0.25) is 0 Å². The Morgan fingerprint density at radius 3 is 2.62 bits per heavy atom. The van der Waals surface area contributed by atoms with Crippen LogP contribution in [0.5, 0.6) is 0 Å². The van der Waals surface area contributed by atoms with E-state index in [1.807, 2.05) is 41.0 Å². The van der Waals surface area contributed by atoms with E-state index < -0.39 is 0 Å². The van der Waals surface area contributed by atoms with E-state index in [4.69, 9.17) is 4.74 Å². The molecule has 0 saturated heterocycles. The summed E-state index contributed by atoms with van der Waals surface area (Å²) >= 11 is 3.35. The fourth-order valence-electron chi connectivity index (χ4n) is 2.68. The number of hydrogen-bond acceptors (Lipinski definition) is 4. The van der Waals surface area contributed by atoms with Crippen molar-refractivity contribution in [3.05, 3.63) is 64.4 Å². The van der Waals surface area contributed by atoms with Crippen molar-refractivity contribution >= 4 is 38.8 Å². The van der Waals surface area contributed by atoms with Gasteiger partial charge in [0, 0.05) is 23.0 Å². The van der Waals surface area contributed by atoms with Crippen LogP contribution < -0.4 is 5.32 Å². The van der Waals surface area contributed by atoms with Gasteiger partial charge in [-0.3, -0.25) is 9.59 Å². The number of rotatable bonds is 6. The third-order valence-corrected chi connectivity index (χ3v) is 4.52. The predicted octanol–water partition coefficient (Wildman–Crippen LogP) is 2.94. The highest BCUT2D eigenvalue weighted by atomic mass is 79.9. The number of benzene rings is 2. The lowest BCUT2D eigenvalue weighted by Crippen LogP contribution is -2.26. The van der Waals surface area contributed by atoms with Crippen LogP contribution in [0.1, 0.15) is 16.2 Å². The lowest BCUT2D eigenvalue weighted by molar-refractivity contribution is -0.141. The number of imidazole rings is 1. The zero-order valence-electron chi connectivity index (χ0n) is 14.2. The Bertz CT molecular complexity index is 935. The largest absolute Gasteiger partial charge is 0.468 e. The predicted molar refractivity (Wildman–Crippen MR) is 102 cm³/mol. The Morgan fingerprint density at radius 2 is 1.88 bits per heavy atom. The van der Waals surface area contributed by atoms with Crippen molar-refractivity contribution in [3.8, 4) is 0 Å². The molecule has 0 aliphatic heterocycles. The summed E-state index contributed by atoms with van der Waals surface area (Å²) in [7, 11) is 1.36. The van der Waals surface area contributed by atoms with Crippen LogP contribution in [-0.4, -0.2) is 35.1 Å². The minimum Gasteiger partial charge on any atom is -0.468 e. The molecule has 134 valence electrons. The number of nitrogens with zero attached hydrogens (tertiary/aromatic N) is 2. The number of ether oxygens (including phenoxy) is 1. The number of hydrogen-bond donors (Lipinski definition) is 1. The first-order valence-corrected chi connectivity index (χ1v) is 8.92. The Hall–Kier alpha value is -2.67. The summed E-state index contributed by atoms with van der Waals surface area (Å²) < 4.78 is 7.52. The topological polar surface area (TPSA) is 73.2 Å². The van der Waals surface area contributed by atoms with Crippen molar-refractivity contribution in [2.75, 3.05) is 13.7 Å². The van der Waals surface area contributed by atoms with Gasteiger partial charge in [0.05, 0.1) is 18.1 Å². The average Bonchev–Trinajstić information content (AvgIpc) is 2.99. The summed E-state index contributed by atoms with van der Waals surface area (Å²) in [5.41, 5.74) is 2.27. The molecule has 26 heavy (non-hydrogen) atoms. The monoisotopic (exact) mass is 415 g/mol. The minimum absolute atomic E-state index is 0.0903. The average molecular weight is 416 g/mol. The summed E-state index contributed by atoms with van der Waals surface area (Å²) in [6, 6.07) is 14.8. The molecule has 0 radical (unpaired) electrons. The maximum absolute atomic E-state index is 12.2. The smallest absolute Gasteiger partial charge is 0.325 e. The third-order valence-electron chi connectivity index (χ3n) is 3.99. The molecule has 0 atom stereocenters. The van der Waals surface area contributed by atoms with Crippen LogP contribution in [0, 0.1) is 0 Å². The number of carbonyl (C=O) groups is 2. The number of fused-ring (bicyclic) bond motifs is 1. The highest BCUT2D eigenvalue weighted by Gasteiger charge is 2.14. The lowest BCUT2D eigenvalue weighted by atomic mass is 10.2. The molecule has 0 aliphatic rings. The zero-order chi connectivity index (χ0) is 18.5. The van der Waals surface area contributed by atoms with Crippen LogP contribution in [0.25, 0.3) is 11.0 Å². The number of para-hydroxylation sites is 2. The quantitative estimate of drug-likeness (QED) is 0.628. The van der Waals surface area contributed by atoms with Crippen molar-refractivity contribution in [1.82, 2.24) is 14.9 Å². The van der Waals surface area contributed by atoms with Crippen molar-refractivity contribution in [1.29, 1.82) is 0 Å². The maximum atomic E-state index is 12.2. The second-order valence-electron chi connectivity index (χ2n) is 5.69. The van der Waals surface area contributed by atoms with Crippen LogP contribution in [0.4, 0.5) is 0 Å². The molecule has 7 heteroatoms. The molecule has 0 spiro atoms. The molecule has 0 saturated carbocycles. The summed E-state index contributed by atoms with van der Waals surface area (Å²) in [6.07, 6.45) is 0.508. The zero-order valence-corrected chi connectivity index (χ0v) is 15.8. The molecule has 6 nitrogen and oxygen atoms in total. The van der Waals surface area contributed by atoms with E-state index >= 15 is 0 Å². The van der Waals surface area contributed by atoms with E-state index in [1.54, 1.807) is 12.1 Å². The molecule has 3 rings (SSSR count). The van der Waals surface area contributed by atoms with Crippen LogP contribution in [0.3, 0.4) is 0 Å². The standard InChI is InChI=1S/C19H18BrN3O3/c1-26-18(24)12-23-16-5-3-2-4-15(16)22-17(23)10-11-21-19(25)13-6-8-14(20)9-7-13/h2-9H,10-12H2,1H3,(H,21,25). The highest BCUT2D eigenvalue weighted by molar-refractivity contribution is 9.10. The maximum Gasteiger partial charge on any atom is 0.325 e. The number of methoxy groups -OCH3 is 1. The van der Waals surface area contributed by atoms with Gasteiger partial charge < -0.3 is 14.6 Å². The number of esters is 1. The minimum atomic E-state index is -0.340. The van der Waals surface area contributed by atoms with Gasteiger partial charge in [0.25, 0.3) is 5.91 Å². The molecule has 2 aromatic carbocycles. The first-order valence-electron chi connectivity index (χ1n) is 8.13. The van der Waals surface area contributed by atoms with Gasteiger partial charge in [0.1, 0.15) is 12.4 Å². The van der Waals surface area contributed by atoms with E-state index in [1.165, 1.54) is 7.11 Å². The summed E-state index contributed by atoms with van der Waals surface area (Å²) in [6.45, 7) is 0.506. The SMILES string of the molecule is COC(=O)Cn1c(CCNC(=O)c2ccc(Br)cc2)nc2ccccc21. The van der Waals surface area contributed by atoms with E-state index in [2.05, 4.69) is 26.2 Å². The summed E-state index contributed by atoms with van der Waals surface area (Å²) in [5.74, 6) is 0.245. The summed E-state index contributed by atoms with van der Waals surface area (Å²) in [5, 5.41) is 2.88. The van der Waals surface area contributed by atoms with Gasteiger partial charge in [-0.25, -0.2) is 4.98 Å². The van der Waals surface area contributed by atoms with E-state index in [-0.39, 0.29) is 18.4 Å². The number of aromatic nitrogens is 2. The molecule has 1 heterocycles.